The summed E-state index contributed by atoms with van der Waals surface area (Å²) in [5.74, 6) is 0. The molecule has 0 bridgehead atoms. The van der Waals surface area contributed by atoms with Crippen LogP contribution in [0.2, 0.25) is 0 Å². The third-order valence-corrected chi connectivity index (χ3v) is 4.30. The van der Waals surface area contributed by atoms with Crippen molar-refractivity contribution in [2.45, 2.75) is 37.8 Å². The molecule has 0 saturated heterocycles. The summed E-state index contributed by atoms with van der Waals surface area (Å²) in [7, 11) is 0. The first-order chi connectivity index (χ1) is 10.7. The molecule has 1 aliphatic rings. The molecule has 1 atom stereocenters. The summed E-state index contributed by atoms with van der Waals surface area (Å²) >= 11 is 0. The highest BCUT2D eigenvalue weighted by Crippen LogP contribution is 2.20. The Bertz CT molecular complexity index is 650. The van der Waals surface area contributed by atoms with E-state index >= 15 is 0 Å². The summed E-state index contributed by atoms with van der Waals surface area (Å²) in [6, 6.07) is 14.0. The van der Waals surface area contributed by atoms with Crippen LogP contribution in [0.3, 0.4) is 0 Å². The van der Waals surface area contributed by atoms with E-state index in [1.165, 1.54) is 12.8 Å². The number of aliphatic hydroxyl groups excluding tert-OH is 1. The number of aliphatic hydroxyl groups is 1. The number of carbonyl (C=O) groups is 1. The Morgan fingerprint density at radius 2 is 1.86 bits per heavy atom. The fourth-order valence-electron chi connectivity index (χ4n) is 3.03. The number of nitrogens with one attached hydrogen (secondary N) is 2. The van der Waals surface area contributed by atoms with Gasteiger partial charge < -0.3 is 15.7 Å². The number of amides is 2. The zero-order valence-corrected chi connectivity index (χ0v) is 12.6. The highest BCUT2D eigenvalue weighted by molar-refractivity contribution is 5.83. The van der Waals surface area contributed by atoms with Crippen LogP contribution in [-0.2, 0) is 0 Å². The van der Waals surface area contributed by atoms with Crippen molar-refractivity contribution >= 4 is 16.8 Å². The van der Waals surface area contributed by atoms with Gasteiger partial charge in [0.2, 0.25) is 0 Å². The lowest BCUT2D eigenvalue weighted by Gasteiger charge is -2.16. The first-order valence-electron chi connectivity index (χ1n) is 7.93. The number of rotatable bonds is 4. The molecule has 1 fully saturated rings. The third kappa shape index (κ3) is 3.57. The number of carbonyl (C=O) groups excluding carboxylic acids is 1. The first-order valence-corrected chi connectivity index (χ1v) is 7.93. The predicted molar refractivity (Wildman–Crippen MR) is 87.7 cm³/mol. The van der Waals surface area contributed by atoms with E-state index in [1.807, 2.05) is 42.5 Å². The van der Waals surface area contributed by atoms with Crippen molar-refractivity contribution in [1.82, 2.24) is 10.6 Å². The second-order valence-corrected chi connectivity index (χ2v) is 5.96. The van der Waals surface area contributed by atoms with E-state index in [4.69, 9.17) is 0 Å². The minimum absolute atomic E-state index is 0.188. The Morgan fingerprint density at radius 1 is 1.14 bits per heavy atom. The summed E-state index contributed by atoms with van der Waals surface area (Å²) < 4.78 is 0. The van der Waals surface area contributed by atoms with Gasteiger partial charge in [0.25, 0.3) is 0 Å². The van der Waals surface area contributed by atoms with Crippen LogP contribution in [0.4, 0.5) is 4.79 Å². The van der Waals surface area contributed by atoms with Crippen molar-refractivity contribution in [1.29, 1.82) is 0 Å². The van der Waals surface area contributed by atoms with Gasteiger partial charge in [-0.3, -0.25) is 0 Å². The molecule has 2 aromatic carbocycles. The van der Waals surface area contributed by atoms with E-state index in [9.17, 15) is 9.90 Å². The molecule has 1 unspecified atom stereocenters. The fourth-order valence-corrected chi connectivity index (χ4v) is 3.03. The lowest BCUT2D eigenvalue weighted by atomic mass is 10.0. The summed E-state index contributed by atoms with van der Waals surface area (Å²) in [5.41, 5.74) is 0.819. The molecule has 2 amide bonds. The Kier molecular flexibility index (Phi) is 4.59. The van der Waals surface area contributed by atoms with Gasteiger partial charge in [0, 0.05) is 12.6 Å². The number of hydrogen-bond acceptors (Lipinski definition) is 2. The van der Waals surface area contributed by atoms with Gasteiger partial charge in [0.1, 0.15) is 0 Å². The molecular weight excluding hydrogens is 276 g/mol. The summed E-state index contributed by atoms with van der Waals surface area (Å²) in [4.78, 5) is 11.8. The van der Waals surface area contributed by atoms with Gasteiger partial charge in [-0.25, -0.2) is 4.79 Å². The van der Waals surface area contributed by atoms with E-state index in [0.717, 1.165) is 29.2 Å². The average molecular weight is 298 g/mol. The molecule has 2 aromatic rings. The van der Waals surface area contributed by atoms with Crippen LogP contribution >= 0.6 is 0 Å². The number of hydrogen-bond donors (Lipinski definition) is 3. The molecule has 3 rings (SSSR count). The van der Waals surface area contributed by atoms with Gasteiger partial charge in [-0.15, -0.1) is 0 Å². The zero-order valence-electron chi connectivity index (χ0n) is 12.6. The van der Waals surface area contributed by atoms with Gasteiger partial charge >= 0.3 is 6.03 Å². The molecule has 116 valence electrons. The van der Waals surface area contributed by atoms with Crippen LogP contribution in [0.15, 0.2) is 42.5 Å². The lowest BCUT2D eigenvalue weighted by Crippen LogP contribution is -2.42. The molecular formula is C18H22N2O2. The molecule has 1 saturated carbocycles. The van der Waals surface area contributed by atoms with Crippen LogP contribution in [0.1, 0.15) is 37.4 Å². The Labute approximate surface area is 130 Å². The van der Waals surface area contributed by atoms with E-state index in [2.05, 4.69) is 10.6 Å². The number of benzene rings is 2. The largest absolute Gasteiger partial charge is 0.387 e. The van der Waals surface area contributed by atoms with Gasteiger partial charge in [0.15, 0.2) is 0 Å². The molecule has 4 heteroatoms. The van der Waals surface area contributed by atoms with E-state index in [-0.39, 0.29) is 18.6 Å². The zero-order chi connectivity index (χ0) is 15.4. The molecule has 0 radical (unpaired) electrons. The van der Waals surface area contributed by atoms with Crippen molar-refractivity contribution in [3.05, 3.63) is 48.0 Å². The lowest BCUT2D eigenvalue weighted by molar-refractivity contribution is 0.172. The second kappa shape index (κ2) is 6.79. The monoisotopic (exact) mass is 298 g/mol. The minimum atomic E-state index is -0.695. The van der Waals surface area contributed by atoms with E-state index in [1.54, 1.807) is 0 Å². The highest BCUT2D eigenvalue weighted by Gasteiger charge is 2.17. The van der Waals surface area contributed by atoms with Crippen molar-refractivity contribution < 1.29 is 9.90 Å². The predicted octanol–water partition coefficient (Wildman–Crippen LogP) is 3.12. The smallest absolute Gasteiger partial charge is 0.315 e. The topological polar surface area (TPSA) is 61.4 Å². The van der Waals surface area contributed by atoms with Crippen LogP contribution in [0, 0.1) is 0 Å². The van der Waals surface area contributed by atoms with Crippen LogP contribution < -0.4 is 10.6 Å². The molecule has 4 nitrogen and oxygen atoms in total. The van der Waals surface area contributed by atoms with Crippen molar-refractivity contribution in [3.8, 4) is 0 Å². The molecule has 0 spiro atoms. The van der Waals surface area contributed by atoms with Gasteiger partial charge in [0.05, 0.1) is 6.10 Å². The maximum atomic E-state index is 11.8. The van der Waals surface area contributed by atoms with Crippen molar-refractivity contribution in [2.24, 2.45) is 0 Å². The highest BCUT2D eigenvalue weighted by atomic mass is 16.3. The molecule has 22 heavy (non-hydrogen) atoms. The number of fused-ring (bicyclic) bond motifs is 1. The molecule has 0 heterocycles. The Balaban J connectivity index is 1.55. The third-order valence-electron chi connectivity index (χ3n) is 4.30. The first kappa shape index (κ1) is 14.9. The average Bonchev–Trinajstić information content (AvgIpc) is 3.05. The Morgan fingerprint density at radius 3 is 2.64 bits per heavy atom. The Hall–Kier alpha value is -2.07. The van der Waals surface area contributed by atoms with E-state index in [0.29, 0.717) is 0 Å². The van der Waals surface area contributed by atoms with Gasteiger partial charge in [-0.2, -0.15) is 0 Å². The molecule has 1 aliphatic carbocycles. The maximum Gasteiger partial charge on any atom is 0.315 e. The van der Waals surface area contributed by atoms with Crippen molar-refractivity contribution in [3.63, 3.8) is 0 Å². The summed E-state index contributed by atoms with van der Waals surface area (Å²) in [6.45, 7) is 0.219. The van der Waals surface area contributed by atoms with Crippen LogP contribution in [-0.4, -0.2) is 23.7 Å². The SMILES string of the molecule is O=C(NCC(O)c1ccc2ccccc2c1)NC1CCCC1. The second-order valence-electron chi connectivity index (χ2n) is 5.96. The molecule has 0 aromatic heterocycles. The normalized spacial score (nSPS) is 16.6. The summed E-state index contributed by atoms with van der Waals surface area (Å²) in [6.07, 6.45) is 3.79. The quantitative estimate of drug-likeness (QED) is 0.812. The summed E-state index contributed by atoms with van der Waals surface area (Å²) in [5, 5.41) is 18.2. The molecule has 0 aliphatic heterocycles. The van der Waals surface area contributed by atoms with Gasteiger partial charge in [-0.05, 0) is 35.2 Å². The molecule has 3 N–H and O–H groups in total. The van der Waals surface area contributed by atoms with E-state index < -0.39 is 6.10 Å². The maximum absolute atomic E-state index is 11.8. The fraction of sp³-hybridized carbons (Fsp3) is 0.389. The minimum Gasteiger partial charge on any atom is -0.387 e. The van der Waals surface area contributed by atoms with Crippen molar-refractivity contribution in [2.75, 3.05) is 6.54 Å². The standard InChI is InChI=1S/C18H22N2O2/c21-17(12-19-18(22)20-16-7-3-4-8-16)15-10-9-13-5-1-2-6-14(13)11-15/h1-2,5-6,9-11,16-17,21H,3-4,7-8,12H2,(H2,19,20,22). The van der Waals surface area contributed by atoms with Gasteiger partial charge in [-0.1, -0.05) is 49.2 Å². The number of urea groups is 1. The van der Waals surface area contributed by atoms with Crippen LogP contribution in [0.5, 0.6) is 0 Å². The van der Waals surface area contributed by atoms with Crippen LogP contribution in [0.25, 0.3) is 10.8 Å².